The third kappa shape index (κ3) is 2.90. The molecule has 0 spiro atoms. The number of rotatable bonds is 4. The normalized spacial score (nSPS) is 17.2. The molecule has 0 aliphatic carbocycles. The lowest BCUT2D eigenvalue weighted by Gasteiger charge is -2.10. The molecule has 24 heavy (non-hydrogen) atoms. The van der Waals surface area contributed by atoms with Crippen molar-refractivity contribution in [1.29, 1.82) is 0 Å². The SMILES string of the molecule is O=C(NCc1ccc(-n2cnc3ccccc32)cc1)C1CCNC1. The lowest BCUT2D eigenvalue weighted by molar-refractivity contribution is -0.124. The van der Waals surface area contributed by atoms with Gasteiger partial charge in [0, 0.05) is 18.8 Å². The average Bonchev–Trinajstić information content (AvgIpc) is 3.30. The number of hydrogen-bond donors (Lipinski definition) is 2. The Balaban J connectivity index is 1.45. The van der Waals surface area contributed by atoms with Gasteiger partial charge in [-0.05, 0) is 42.8 Å². The van der Waals surface area contributed by atoms with Crippen LogP contribution in [0.1, 0.15) is 12.0 Å². The summed E-state index contributed by atoms with van der Waals surface area (Å²) < 4.78 is 2.07. The maximum Gasteiger partial charge on any atom is 0.224 e. The van der Waals surface area contributed by atoms with Gasteiger partial charge >= 0.3 is 0 Å². The molecule has 1 aliphatic heterocycles. The van der Waals surface area contributed by atoms with Gasteiger partial charge in [0.05, 0.1) is 17.0 Å². The van der Waals surface area contributed by atoms with Gasteiger partial charge in [0.15, 0.2) is 0 Å². The molecule has 1 atom stereocenters. The monoisotopic (exact) mass is 320 g/mol. The predicted molar refractivity (Wildman–Crippen MR) is 93.9 cm³/mol. The van der Waals surface area contributed by atoms with Crippen molar-refractivity contribution in [3.8, 4) is 5.69 Å². The van der Waals surface area contributed by atoms with Crippen LogP contribution in [0, 0.1) is 5.92 Å². The third-order valence-electron chi connectivity index (χ3n) is 4.57. The fourth-order valence-electron chi connectivity index (χ4n) is 3.15. The summed E-state index contributed by atoms with van der Waals surface area (Å²) in [6.07, 6.45) is 2.77. The minimum atomic E-state index is 0.113. The van der Waals surface area contributed by atoms with Crippen molar-refractivity contribution in [2.24, 2.45) is 5.92 Å². The van der Waals surface area contributed by atoms with Crippen LogP contribution in [-0.2, 0) is 11.3 Å². The van der Waals surface area contributed by atoms with E-state index in [1.54, 1.807) is 0 Å². The Morgan fingerprint density at radius 2 is 2.04 bits per heavy atom. The molecule has 1 fully saturated rings. The van der Waals surface area contributed by atoms with Crippen LogP contribution < -0.4 is 10.6 Å². The van der Waals surface area contributed by atoms with E-state index >= 15 is 0 Å². The highest BCUT2D eigenvalue weighted by Gasteiger charge is 2.21. The number of fused-ring (bicyclic) bond motifs is 1. The zero-order chi connectivity index (χ0) is 16.4. The smallest absolute Gasteiger partial charge is 0.224 e. The fraction of sp³-hybridized carbons (Fsp3) is 0.263. The molecular formula is C19H20N4O. The first-order chi connectivity index (χ1) is 11.8. The number of nitrogens with one attached hydrogen (secondary N) is 2. The lowest BCUT2D eigenvalue weighted by atomic mass is 10.1. The van der Waals surface area contributed by atoms with Crippen molar-refractivity contribution in [1.82, 2.24) is 20.2 Å². The summed E-state index contributed by atoms with van der Waals surface area (Å²) in [7, 11) is 0. The number of imidazole rings is 1. The van der Waals surface area contributed by atoms with Crippen molar-refractivity contribution in [3.63, 3.8) is 0 Å². The van der Waals surface area contributed by atoms with E-state index in [2.05, 4.69) is 50.5 Å². The van der Waals surface area contributed by atoms with Crippen molar-refractivity contribution in [2.75, 3.05) is 13.1 Å². The van der Waals surface area contributed by atoms with Crippen LogP contribution in [-0.4, -0.2) is 28.5 Å². The second-order valence-electron chi connectivity index (χ2n) is 6.18. The van der Waals surface area contributed by atoms with Crippen molar-refractivity contribution >= 4 is 16.9 Å². The average molecular weight is 320 g/mol. The van der Waals surface area contributed by atoms with Gasteiger partial charge < -0.3 is 10.6 Å². The van der Waals surface area contributed by atoms with Crippen LogP contribution >= 0.6 is 0 Å². The van der Waals surface area contributed by atoms with E-state index in [1.165, 1.54) is 0 Å². The zero-order valence-corrected chi connectivity index (χ0v) is 13.4. The first-order valence-corrected chi connectivity index (χ1v) is 8.31. The second kappa shape index (κ2) is 6.45. The van der Waals surface area contributed by atoms with Gasteiger partial charge in [-0.3, -0.25) is 9.36 Å². The molecule has 2 N–H and O–H groups in total. The Hall–Kier alpha value is -2.66. The van der Waals surface area contributed by atoms with Crippen LogP contribution in [0.15, 0.2) is 54.9 Å². The minimum absolute atomic E-state index is 0.113. The molecule has 0 bridgehead atoms. The quantitative estimate of drug-likeness (QED) is 0.775. The molecule has 1 amide bonds. The van der Waals surface area contributed by atoms with Gasteiger partial charge in [0.2, 0.25) is 5.91 Å². The largest absolute Gasteiger partial charge is 0.352 e. The van der Waals surface area contributed by atoms with Gasteiger partial charge in [-0.25, -0.2) is 4.98 Å². The van der Waals surface area contributed by atoms with Crippen LogP contribution in [0.3, 0.4) is 0 Å². The van der Waals surface area contributed by atoms with Gasteiger partial charge in [-0.1, -0.05) is 24.3 Å². The highest BCUT2D eigenvalue weighted by atomic mass is 16.1. The molecular weight excluding hydrogens is 300 g/mol. The molecule has 0 saturated carbocycles. The molecule has 0 radical (unpaired) electrons. The van der Waals surface area contributed by atoms with Gasteiger partial charge in [-0.2, -0.15) is 0 Å². The Morgan fingerprint density at radius 3 is 2.83 bits per heavy atom. The Kier molecular flexibility index (Phi) is 4.01. The van der Waals surface area contributed by atoms with E-state index in [0.29, 0.717) is 6.54 Å². The molecule has 1 aromatic heterocycles. The molecule has 1 unspecified atom stereocenters. The van der Waals surface area contributed by atoms with Crippen molar-refractivity contribution in [3.05, 3.63) is 60.4 Å². The molecule has 5 nitrogen and oxygen atoms in total. The number of aromatic nitrogens is 2. The highest BCUT2D eigenvalue weighted by Crippen LogP contribution is 2.18. The summed E-state index contributed by atoms with van der Waals surface area (Å²) in [6, 6.07) is 16.3. The Labute approximate surface area is 140 Å². The molecule has 122 valence electrons. The molecule has 2 heterocycles. The maximum absolute atomic E-state index is 12.1. The second-order valence-corrected chi connectivity index (χ2v) is 6.18. The van der Waals surface area contributed by atoms with Crippen LogP contribution in [0.2, 0.25) is 0 Å². The molecule has 2 aromatic carbocycles. The number of para-hydroxylation sites is 2. The van der Waals surface area contributed by atoms with Crippen molar-refractivity contribution < 1.29 is 4.79 Å². The number of carbonyl (C=O) groups excluding carboxylic acids is 1. The molecule has 3 aromatic rings. The fourth-order valence-corrected chi connectivity index (χ4v) is 3.15. The van der Waals surface area contributed by atoms with Crippen LogP contribution in [0.25, 0.3) is 16.7 Å². The number of amides is 1. The minimum Gasteiger partial charge on any atom is -0.352 e. The molecule has 4 rings (SSSR count). The van der Waals surface area contributed by atoms with Crippen LogP contribution in [0.4, 0.5) is 0 Å². The van der Waals surface area contributed by atoms with E-state index in [9.17, 15) is 4.79 Å². The molecule has 1 saturated heterocycles. The maximum atomic E-state index is 12.1. The number of carbonyl (C=O) groups is 1. The molecule has 5 heteroatoms. The lowest BCUT2D eigenvalue weighted by Crippen LogP contribution is -2.31. The number of nitrogens with zero attached hydrogens (tertiary/aromatic N) is 2. The topological polar surface area (TPSA) is 59.0 Å². The van der Waals surface area contributed by atoms with E-state index in [0.717, 1.165) is 41.8 Å². The van der Waals surface area contributed by atoms with Crippen LogP contribution in [0.5, 0.6) is 0 Å². The summed E-state index contributed by atoms with van der Waals surface area (Å²) in [6.45, 7) is 2.30. The van der Waals surface area contributed by atoms with E-state index < -0.39 is 0 Å². The van der Waals surface area contributed by atoms with Gasteiger partial charge in [-0.15, -0.1) is 0 Å². The summed E-state index contributed by atoms with van der Waals surface area (Å²) in [5.74, 6) is 0.256. The first kappa shape index (κ1) is 14.9. The number of benzene rings is 2. The Morgan fingerprint density at radius 1 is 1.21 bits per heavy atom. The summed E-state index contributed by atoms with van der Waals surface area (Å²) in [5.41, 5.74) is 4.24. The zero-order valence-electron chi connectivity index (χ0n) is 13.4. The van der Waals surface area contributed by atoms with E-state index in [4.69, 9.17) is 0 Å². The highest BCUT2D eigenvalue weighted by molar-refractivity contribution is 5.79. The van der Waals surface area contributed by atoms with Gasteiger partial charge in [0.25, 0.3) is 0 Å². The standard InChI is InChI=1S/C19H20N4O/c24-19(15-9-10-20-12-15)21-11-14-5-7-16(8-6-14)23-13-22-17-3-1-2-4-18(17)23/h1-8,13,15,20H,9-12H2,(H,21,24). The van der Waals surface area contributed by atoms with E-state index in [1.807, 2.05) is 24.5 Å². The van der Waals surface area contributed by atoms with Crippen molar-refractivity contribution in [2.45, 2.75) is 13.0 Å². The first-order valence-electron chi connectivity index (χ1n) is 8.31. The van der Waals surface area contributed by atoms with Gasteiger partial charge in [0.1, 0.15) is 6.33 Å². The third-order valence-corrected chi connectivity index (χ3v) is 4.57. The summed E-state index contributed by atoms with van der Waals surface area (Å²) in [4.78, 5) is 16.5. The molecule has 1 aliphatic rings. The van der Waals surface area contributed by atoms with E-state index in [-0.39, 0.29) is 11.8 Å². The summed E-state index contributed by atoms with van der Waals surface area (Å²) in [5, 5.41) is 6.25. The Bertz CT molecular complexity index is 847. The predicted octanol–water partition coefficient (Wildman–Crippen LogP) is 2.25. The summed E-state index contributed by atoms with van der Waals surface area (Å²) >= 11 is 0. The number of hydrogen-bond acceptors (Lipinski definition) is 3.